The topological polar surface area (TPSA) is 42.9 Å². The van der Waals surface area contributed by atoms with E-state index in [1.54, 1.807) is 0 Å². The molecule has 0 N–H and O–H groups in total. The number of fused-ring (bicyclic) bond motifs is 1. The zero-order chi connectivity index (χ0) is 11.0. The van der Waals surface area contributed by atoms with Gasteiger partial charge in [0.25, 0.3) is 0 Å². The Bertz CT molecular complexity index is 547. The van der Waals surface area contributed by atoms with Gasteiger partial charge in [0, 0.05) is 18.0 Å². The second-order valence-corrected chi connectivity index (χ2v) is 3.66. The van der Waals surface area contributed by atoms with Crippen LogP contribution in [0.2, 0.25) is 0 Å². The fourth-order valence-corrected chi connectivity index (χ4v) is 1.73. The fraction of sp³-hybridized carbons (Fsp3) is 0.250. The highest BCUT2D eigenvalue weighted by molar-refractivity contribution is 5.93. The van der Waals surface area contributed by atoms with E-state index in [0.29, 0.717) is 5.82 Å². The van der Waals surface area contributed by atoms with E-state index < -0.39 is 0 Å². The highest BCUT2D eigenvalue weighted by Crippen LogP contribution is 2.19. The second kappa shape index (κ2) is 3.42. The summed E-state index contributed by atoms with van der Waals surface area (Å²) in [7, 11) is 0. The van der Waals surface area contributed by atoms with Crippen LogP contribution in [-0.4, -0.2) is 15.8 Å². The van der Waals surface area contributed by atoms with Gasteiger partial charge in [0.2, 0.25) is 0 Å². The van der Waals surface area contributed by atoms with Crippen LogP contribution in [0.3, 0.4) is 0 Å². The van der Waals surface area contributed by atoms with Gasteiger partial charge in [-0.25, -0.2) is 9.97 Å². The number of carbonyl (C=O) groups excluding carboxylic acids is 1. The highest BCUT2D eigenvalue weighted by atomic mass is 16.1. The summed E-state index contributed by atoms with van der Waals surface area (Å²) in [5, 5.41) is 1.04. The number of nitrogens with zero attached hydrogens (tertiary/aromatic N) is 2. The van der Waals surface area contributed by atoms with Gasteiger partial charge in [-0.3, -0.25) is 4.79 Å². The van der Waals surface area contributed by atoms with Gasteiger partial charge in [0.15, 0.2) is 11.6 Å². The minimum atomic E-state index is -0.0958. The van der Waals surface area contributed by atoms with Crippen LogP contribution in [0.4, 0.5) is 0 Å². The first kappa shape index (κ1) is 9.77. The highest BCUT2D eigenvalue weighted by Gasteiger charge is 2.08. The predicted octanol–water partition coefficient (Wildman–Crippen LogP) is 2.45. The summed E-state index contributed by atoms with van der Waals surface area (Å²) in [5.74, 6) is 0.201. The lowest BCUT2D eigenvalue weighted by Crippen LogP contribution is -2.03. The molecule has 0 fully saturated rings. The molecule has 0 bridgehead atoms. The maximum absolute atomic E-state index is 11.2. The van der Waals surface area contributed by atoms with Gasteiger partial charge in [-0.05, 0) is 25.5 Å². The van der Waals surface area contributed by atoms with Gasteiger partial charge in [-0.15, -0.1) is 0 Å². The number of aromatic nitrogens is 2. The molecule has 76 valence electrons. The van der Waals surface area contributed by atoms with Gasteiger partial charge in [-0.1, -0.05) is 12.1 Å². The summed E-state index contributed by atoms with van der Waals surface area (Å²) in [6.45, 7) is 5.41. The molecule has 2 aromatic rings. The normalized spacial score (nSPS) is 10.6. The van der Waals surface area contributed by atoms with E-state index in [0.717, 1.165) is 22.2 Å². The molecule has 1 heterocycles. The van der Waals surface area contributed by atoms with Crippen LogP contribution in [0, 0.1) is 13.8 Å². The maximum Gasteiger partial charge on any atom is 0.196 e. The molecule has 0 aliphatic heterocycles. The number of benzene rings is 1. The Morgan fingerprint density at radius 3 is 2.60 bits per heavy atom. The van der Waals surface area contributed by atoms with Crippen molar-refractivity contribution in [2.45, 2.75) is 20.8 Å². The van der Waals surface area contributed by atoms with E-state index in [1.807, 2.05) is 32.0 Å². The third kappa shape index (κ3) is 1.61. The lowest BCUT2D eigenvalue weighted by Gasteiger charge is -2.05. The van der Waals surface area contributed by atoms with Gasteiger partial charge >= 0.3 is 0 Å². The predicted molar refractivity (Wildman–Crippen MR) is 59.0 cm³/mol. The van der Waals surface area contributed by atoms with Crippen molar-refractivity contribution in [3.05, 3.63) is 35.3 Å². The number of carbonyl (C=O) groups is 1. The largest absolute Gasteiger partial charge is 0.291 e. The van der Waals surface area contributed by atoms with E-state index in [-0.39, 0.29) is 5.78 Å². The summed E-state index contributed by atoms with van der Waals surface area (Å²) in [4.78, 5) is 19.6. The number of rotatable bonds is 1. The molecule has 0 aliphatic rings. The van der Waals surface area contributed by atoms with Crippen LogP contribution >= 0.6 is 0 Å². The summed E-state index contributed by atoms with van der Waals surface area (Å²) >= 11 is 0. The molecule has 3 heteroatoms. The third-order valence-corrected chi connectivity index (χ3v) is 2.43. The molecule has 0 amide bonds. The average Bonchev–Trinajstić information content (AvgIpc) is 2.17. The number of hydrogen-bond donors (Lipinski definition) is 0. The molecule has 3 nitrogen and oxygen atoms in total. The van der Waals surface area contributed by atoms with Gasteiger partial charge in [0.1, 0.15) is 0 Å². The monoisotopic (exact) mass is 200 g/mol. The summed E-state index contributed by atoms with van der Waals surface area (Å²) in [5.41, 5.74) is 2.84. The van der Waals surface area contributed by atoms with E-state index in [9.17, 15) is 4.79 Å². The standard InChI is InChI=1S/C12H12N2O/c1-7-5-4-6-10-11(7)8(2)13-12(14-10)9(3)15/h4-6H,1-3H3. The number of ketones is 1. The Morgan fingerprint density at radius 2 is 1.93 bits per heavy atom. The van der Waals surface area contributed by atoms with Gasteiger partial charge in [-0.2, -0.15) is 0 Å². The first-order valence-corrected chi connectivity index (χ1v) is 4.84. The van der Waals surface area contributed by atoms with Crippen LogP contribution in [0.5, 0.6) is 0 Å². The molecule has 0 unspecified atom stereocenters. The van der Waals surface area contributed by atoms with Crippen LogP contribution in [0.25, 0.3) is 10.9 Å². The summed E-state index contributed by atoms with van der Waals surface area (Å²) in [6.07, 6.45) is 0. The molecular formula is C12H12N2O. The van der Waals surface area contributed by atoms with E-state index >= 15 is 0 Å². The van der Waals surface area contributed by atoms with Crippen molar-refractivity contribution < 1.29 is 4.79 Å². The fourth-order valence-electron chi connectivity index (χ4n) is 1.73. The Balaban J connectivity index is 2.84. The molecule has 0 spiro atoms. The van der Waals surface area contributed by atoms with Crippen LogP contribution < -0.4 is 0 Å². The number of hydrogen-bond acceptors (Lipinski definition) is 3. The second-order valence-electron chi connectivity index (χ2n) is 3.66. The molecule has 0 radical (unpaired) electrons. The number of aryl methyl sites for hydroxylation is 2. The molecule has 0 saturated carbocycles. The minimum absolute atomic E-state index is 0.0958. The first-order valence-electron chi connectivity index (χ1n) is 4.84. The smallest absolute Gasteiger partial charge is 0.196 e. The van der Waals surface area contributed by atoms with Crippen molar-refractivity contribution >= 4 is 16.7 Å². The van der Waals surface area contributed by atoms with E-state index in [1.165, 1.54) is 6.92 Å². The maximum atomic E-state index is 11.2. The summed E-state index contributed by atoms with van der Waals surface area (Å²) in [6, 6.07) is 5.86. The first-order chi connectivity index (χ1) is 7.09. The molecule has 0 saturated heterocycles. The molecule has 1 aromatic heterocycles. The van der Waals surface area contributed by atoms with Crippen molar-refractivity contribution in [2.75, 3.05) is 0 Å². The zero-order valence-corrected chi connectivity index (χ0v) is 9.03. The van der Waals surface area contributed by atoms with Crippen molar-refractivity contribution in [3.8, 4) is 0 Å². The summed E-state index contributed by atoms with van der Waals surface area (Å²) < 4.78 is 0. The molecule has 0 atom stereocenters. The Kier molecular flexibility index (Phi) is 2.23. The lowest BCUT2D eigenvalue weighted by molar-refractivity contribution is 0.100. The van der Waals surface area contributed by atoms with Crippen LogP contribution in [0.15, 0.2) is 18.2 Å². The Morgan fingerprint density at radius 1 is 1.20 bits per heavy atom. The molecule has 2 rings (SSSR count). The zero-order valence-electron chi connectivity index (χ0n) is 9.03. The molecule has 15 heavy (non-hydrogen) atoms. The SMILES string of the molecule is CC(=O)c1nc(C)c2c(C)cccc2n1. The van der Waals surface area contributed by atoms with Crippen molar-refractivity contribution in [1.82, 2.24) is 9.97 Å². The minimum Gasteiger partial charge on any atom is -0.291 e. The lowest BCUT2D eigenvalue weighted by atomic mass is 10.1. The molecular weight excluding hydrogens is 188 g/mol. The van der Waals surface area contributed by atoms with Crippen molar-refractivity contribution in [1.29, 1.82) is 0 Å². The van der Waals surface area contributed by atoms with Crippen molar-refractivity contribution in [3.63, 3.8) is 0 Å². The van der Waals surface area contributed by atoms with E-state index in [4.69, 9.17) is 0 Å². The molecule has 0 aliphatic carbocycles. The van der Waals surface area contributed by atoms with Gasteiger partial charge in [0.05, 0.1) is 5.52 Å². The van der Waals surface area contributed by atoms with Crippen LogP contribution in [-0.2, 0) is 0 Å². The number of Topliss-reactive ketones (excluding diaryl/α,β-unsaturated/α-hetero) is 1. The quantitative estimate of drug-likeness (QED) is 0.664. The Hall–Kier alpha value is -1.77. The Labute approximate surface area is 88.2 Å². The van der Waals surface area contributed by atoms with Crippen LogP contribution in [0.1, 0.15) is 28.8 Å². The van der Waals surface area contributed by atoms with Crippen molar-refractivity contribution in [2.24, 2.45) is 0 Å². The van der Waals surface area contributed by atoms with E-state index in [2.05, 4.69) is 9.97 Å². The average molecular weight is 200 g/mol. The third-order valence-electron chi connectivity index (χ3n) is 2.43. The van der Waals surface area contributed by atoms with Gasteiger partial charge < -0.3 is 0 Å². The molecule has 1 aromatic carbocycles.